The monoisotopic (exact) mass is 392 g/mol. The fraction of sp³-hybridized carbons (Fsp3) is 0.357. The van der Waals surface area contributed by atoms with Gasteiger partial charge in [-0.3, -0.25) is 0 Å². The van der Waals surface area contributed by atoms with E-state index in [1.165, 1.54) is 27.5 Å². The standard InChI is InChI=1S/C12H13.C2H7OSi.2ClH.Zr/c1-8-4-11-6-9(2)10(3)7-12(11)5-8;1-4(2)3;;;/h4-7H,1-3H3;3H,1-2H3;2*1H;/q-1;;;;+3/p-2. The second-order valence-electron chi connectivity index (χ2n) is 4.55. The predicted octanol–water partition coefficient (Wildman–Crippen LogP) is -2.28. The molecule has 0 aliphatic heterocycles. The summed E-state index contributed by atoms with van der Waals surface area (Å²) in [5.74, 6) is 0. The summed E-state index contributed by atoms with van der Waals surface area (Å²) >= 11 is 0. The number of hydrogen-bond acceptors (Lipinski definition) is 1. The molecule has 0 saturated heterocycles. The summed E-state index contributed by atoms with van der Waals surface area (Å²) in [6.45, 7) is 10.1. The van der Waals surface area contributed by atoms with Crippen molar-refractivity contribution in [3.8, 4) is 0 Å². The number of halogens is 2. The van der Waals surface area contributed by atoms with Crippen LogP contribution in [0.4, 0.5) is 0 Å². The molecular weight excluding hydrogens is 374 g/mol. The molecular formula is C14H20Cl2OSiZr. The van der Waals surface area contributed by atoms with Crippen LogP contribution in [0.2, 0.25) is 13.1 Å². The summed E-state index contributed by atoms with van der Waals surface area (Å²) in [4.78, 5) is 8.16. The van der Waals surface area contributed by atoms with Gasteiger partial charge in [0.15, 0.2) is 9.04 Å². The Morgan fingerprint density at radius 1 is 0.947 bits per heavy atom. The first kappa shape index (κ1) is 24.5. The van der Waals surface area contributed by atoms with Crippen molar-refractivity contribution < 1.29 is 55.8 Å². The quantitative estimate of drug-likeness (QED) is 0.394. The molecule has 0 spiro atoms. The number of hydrogen-bond donors (Lipinski definition) is 1. The first-order valence-corrected chi connectivity index (χ1v) is 7.98. The first-order chi connectivity index (χ1) is 7.40. The van der Waals surface area contributed by atoms with Gasteiger partial charge in [0, 0.05) is 0 Å². The van der Waals surface area contributed by atoms with E-state index in [1.54, 1.807) is 0 Å². The second kappa shape index (κ2) is 11.2. The summed E-state index contributed by atoms with van der Waals surface area (Å²) in [6.07, 6.45) is 0. The summed E-state index contributed by atoms with van der Waals surface area (Å²) < 4.78 is 0. The summed E-state index contributed by atoms with van der Waals surface area (Å²) in [5.41, 5.74) is 4.12. The largest absolute Gasteiger partial charge is 3.00 e. The van der Waals surface area contributed by atoms with Gasteiger partial charge in [-0.2, -0.15) is 6.07 Å². The van der Waals surface area contributed by atoms with Crippen LogP contribution in [0, 0.1) is 20.8 Å². The van der Waals surface area contributed by atoms with Crippen molar-refractivity contribution in [1.29, 1.82) is 0 Å². The molecule has 19 heavy (non-hydrogen) atoms. The third kappa shape index (κ3) is 8.37. The molecule has 1 nitrogen and oxygen atoms in total. The van der Waals surface area contributed by atoms with Gasteiger partial charge in [-0.05, 0) is 26.9 Å². The number of benzene rings is 1. The minimum atomic E-state index is -0.880. The van der Waals surface area contributed by atoms with Crippen molar-refractivity contribution in [2.75, 3.05) is 0 Å². The number of rotatable bonds is 0. The molecule has 2 aromatic carbocycles. The molecule has 0 amide bonds. The predicted molar refractivity (Wildman–Crippen MR) is 73.5 cm³/mol. The van der Waals surface area contributed by atoms with Gasteiger partial charge >= 0.3 is 26.2 Å². The molecule has 0 unspecified atom stereocenters. The first-order valence-electron chi connectivity index (χ1n) is 5.53. The van der Waals surface area contributed by atoms with Gasteiger partial charge in [0.1, 0.15) is 0 Å². The van der Waals surface area contributed by atoms with Gasteiger partial charge in [0.25, 0.3) is 0 Å². The Kier molecular flexibility index (Phi) is 14.4. The Morgan fingerprint density at radius 2 is 1.37 bits per heavy atom. The van der Waals surface area contributed by atoms with Gasteiger partial charge in [-0.1, -0.05) is 18.1 Å². The van der Waals surface area contributed by atoms with E-state index >= 15 is 0 Å². The molecule has 104 valence electrons. The Balaban J connectivity index is -0.000000329. The molecule has 0 saturated carbocycles. The average Bonchev–Trinajstić information content (AvgIpc) is 2.44. The Labute approximate surface area is 149 Å². The number of aryl methyl sites for hydroxylation is 3. The van der Waals surface area contributed by atoms with Crippen molar-refractivity contribution in [3.63, 3.8) is 0 Å². The zero-order valence-corrected chi connectivity index (χ0v) is 17.0. The molecule has 2 radical (unpaired) electrons. The number of fused-ring (bicyclic) bond motifs is 1. The Morgan fingerprint density at radius 3 is 1.84 bits per heavy atom. The van der Waals surface area contributed by atoms with E-state index in [0.717, 1.165) is 0 Å². The van der Waals surface area contributed by atoms with Crippen LogP contribution in [0.5, 0.6) is 0 Å². The van der Waals surface area contributed by atoms with Crippen LogP contribution < -0.4 is 24.8 Å². The maximum Gasteiger partial charge on any atom is 3.00 e. The molecule has 0 aliphatic carbocycles. The fourth-order valence-electron chi connectivity index (χ4n) is 1.64. The molecule has 1 N–H and O–H groups in total. The molecule has 0 aromatic heterocycles. The van der Waals surface area contributed by atoms with Crippen LogP contribution in [0.3, 0.4) is 0 Å². The van der Waals surface area contributed by atoms with E-state index in [9.17, 15) is 0 Å². The van der Waals surface area contributed by atoms with E-state index in [-0.39, 0.29) is 51.0 Å². The van der Waals surface area contributed by atoms with Gasteiger partial charge in [-0.25, -0.2) is 0 Å². The molecule has 0 heterocycles. The third-order valence-electron chi connectivity index (χ3n) is 2.47. The molecule has 0 bridgehead atoms. The minimum absolute atomic E-state index is 0. The minimum Gasteiger partial charge on any atom is -1.00 e. The van der Waals surface area contributed by atoms with E-state index < -0.39 is 9.04 Å². The molecule has 5 heteroatoms. The van der Waals surface area contributed by atoms with Gasteiger partial charge in [0.2, 0.25) is 0 Å². The smallest absolute Gasteiger partial charge is 1.00 e. The van der Waals surface area contributed by atoms with Gasteiger partial charge < -0.3 is 29.6 Å². The van der Waals surface area contributed by atoms with Crippen LogP contribution in [-0.4, -0.2) is 13.8 Å². The van der Waals surface area contributed by atoms with Crippen molar-refractivity contribution in [3.05, 3.63) is 41.0 Å². The van der Waals surface area contributed by atoms with E-state index in [0.29, 0.717) is 0 Å². The van der Waals surface area contributed by atoms with Gasteiger partial charge in [-0.15, -0.1) is 34.5 Å². The van der Waals surface area contributed by atoms with Crippen molar-refractivity contribution >= 4 is 19.8 Å². The molecule has 2 rings (SSSR count). The zero-order valence-electron chi connectivity index (χ0n) is 12.0. The maximum atomic E-state index is 8.16. The van der Waals surface area contributed by atoms with Crippen LogP contribution >= 0.6 is 0 Å². The summed E-state index contributed by atoms with van der Waals surface area (Å²) in [7, 11) is -0.880. The zero-order chi connectivity index (χ0) is 12.3. The van der Waals surface area contributed by atoms with Crippen LogP contribution in [0.15, 0.2) is 24.3 Å². The van der Waals surface area contributed by atoms with E-state index in [1.807, 2.05) is 13.1 Å². The SMILES string of the molecule is C[Si](C)O.Cc1cc2cc(C)c(C)cc2[cH-]1.[Cl-].[Cl-].[Zr+3]. The molecule has 0 fully saturated rings. The fourth-order valence-corrected chi connectivity index (χ4v) is 1.64. The molecule has 0 aliphatic rings. The average molecular weight is 395 g/mol. The van der Waals surface area contributed by atoms with Crippen LogP contribution in [0.1, 0.15) is 16.7 Å². The van der Waals surface area contributed by atoms with E-state index in [2.05, 4.69) is 45.0 Å². The van der Waals surface area contributed by atoms with Crippen molar-refractivity contribution in [2.24, 2.45) is 0 Å². The molecule has 2 aromatic rings. The van der Waals surface area contributed by atoms with E-state index in [4.69, 9.17) is 4.80 Å². The topological polar surface area (TPSA) is 20.2 Å². The maximum absolute atomic E-state index is 8.16. The normalized spacial score (nSPS) is 8.79. The van der Waals surface area contributed by atoms with Crippen molar-refractivity contribution in [2.45, 2.75) is 33.9 Å². The summed E-state index contributed by atoms with van der Waals surface area (Å²) in [6, 6.07) is 9.00. The third-order valence-corrected chi connectivity index (χ3v) is 2.47. The van der Waals surface area contributed by atoms with Gasteiger partial charge in [0.05, 0.1) is 0 Å². The molecule has 0 atom stereocenters. The Hall–Kier alpha value is 0.470. The Bertz CT molecular complexity index is 442. The van der Waals surface area contributed by atoms with Crippen LogP contribution in [0.25, 0.3) is 10.8 Å². The van der Waals surface area contributed by atoms with Crippen molar-refractivity contribution in [1.82, 2.24) is 0 Å². The second-order valence-corrected chi connectivity index (χ2v) is 6.44. The summed E-state index contributed by atoms with van der Waals surface area (Å²) in [5, 5.41) is 2.74. The van der Waals surface area contributed by atoms with Crippen LogP contribution in [-0.2, 0) is 26.2 Å².